The first-order valence-electron chi connectivity index (χ1n) is 7.58. The zero-order chi connectivity index (χ0) is 16.8. The third-order valence-electron chi connectivity index (χ3n) is 3.79. The summed E-state index contributed by atoms with van der Waals surface area (Å²) in [4.78, 5) is 24.0. The van der Waals surface area contributed by atoms with Crippen LogP contribution in [-0.2, 0) is 11.2 Å². The number of carbonyl (C=O) groups excluding carboxylic acids is 1. The molecule has 0 spiro atoms. The van der Waals surface area contributed by atoms with Gasteiger partial charge in [-0.05, 0) is 38.1 Å². The maximum Gasteiger partial charge on any atom is 0.339 e. The van der Waals surface area contributed by atoms with Crippen LogP contribution in [-0.4, -0.2) is 33.2 Å². The molecule has 0 bridgehead atoms. The quantitative estimate of drug-likeness (QED) is 0.595. The van der Waals surface area contributed by atoms with Crippen LogP contribution in [0.5, 0.6) is 5.75 Å². The lowest BCUT2D eigenvalue weighted by Crippen LogP contribution is -2.30. The fraction of sp³-hybridized carbons (Fsp3) is 0.412. The van der Waals surface area contributed by atoms with Gasteiger partial charge >= 0.3 is 5.63 Å². The van der Waals surface area contributed by atoms with Crippen molar-refractivity contribution in [2.24, 2.45) is 0 Å². The van der Waals surface area contributed by atoms with Gasteiger partial charge in [0.15, 0.2) is 0 Å². The van der Waals surface area contributed by atoms with Crippen LogP contribution in [0.4, 0.5) is 0 Å². The van der Waals surface area contributed by atoms with Gasteiger partial charge in [-0.1, -0.05) is 0 Å². The number of rotatable bonds is 7. The second-order valence-electron chi connectivity index (χ2n) is 5.31. The first-order chi connectivity index (χ1) is 11.1. The number of nitrogens with one attached hydrogen (secondary N) is 2. The Morgan fingerprint density at radius 1 is 1.30 bits per heavy atom. The van der Waals surface area contributed by atoms with Crippen molar-refractivity contribution in [2.45, 2.75) is 19.8 Å². The largest absolute Gasteiger partial charge is 0.497 e. The molecular weight excluding hydrogens is 296 g/mol. The fourth-order valence-corrected chi connectivity index (χ4v) is 2.44. The molecule has 1 heterocycles. The van der Waals surface area contributed by atoms with Crippen LogP contribution in [0.25, 0.3) is 11.0 Å². The van der Waals surface area contributed by atoms with Crippen molar-refractivity contribution in [3.05, 3.63) is 39.7 Å². The molecule has 1 aromatic heterocycles. The predicted molar refractivity (Wildman–Crippen MR) is 89.0 cm³/mol. The van der Waals surface area contributed by atoms with E-state index >= 15 is 0 Å². The van der Waals surface area contributed by atoms with Gasteiger partial charge in [0.1, 0.15) is 11.3 Å². The number of methoxy groups -OCH3 is 1. The van der Waals surface area contributed by atoms with E-state index in [1.165, 1.54) is 0 Å². The minimum atomic E-state index is -0.397. The third-order valence-corrected chi connectivity index (χ3v) is 3.79. The molecule has 0 unspecified atom stereocenters. The van der Waals surface area contributed by atoms with Crippen molar-refractivity contribution in [3.8, 4) is 5.75 Å². The number of hydrogen-bond acceptors (Lipinski definition) is 5. The Kier molecular flexibility index (Phi) is 5.76. The van der Waals surface area contributed by atoms with E-state index in [1.54, 1.807) is 13.2 Å². The van der Waals surface area contributed by atoms with Gasteiger partial charge < -0.3 is 19.8 Å². The van der Waals surface area contributed by atoms with E-state index in [-0.39, 0.29) is 12.3 Å². The maximum atomic E-state index is 12.2. The van der Waals surface area contributed by atoms with Crippen LogP contribution in [0.3, 0.4) is 0 Å². The number of amides is 1. The predicted octanol–water partition coefficient (Wildman–Crippen LogP) is 1.38. The summed E-state index contributed by atoms with van der Waals surface area (Å²) >= 11 is 0. The van der Waals surface area contributed by atoms with Crippen LogP contribution < -0.4 is 21.0 Å². The number of fused-ring (bicyclic) bond motifs is 1. The number of benzene rings is 1. The molecule has 0 saturated heterocycles. The van der Waals surface area contributed by atoms with E-state index in [0.717, 1.165) is 10.9 Å². The number of likely N-dealkylation sites (N-methyl/N-ethyl adjacent to an activating group) is 1. The first kappa shape index (κ1) is 17.0. The number of aryl methyl sites for hydroxylation is 1. The van der Waals surface area contributed by atoms with E-state index < -0.39 is 5.63 Å². The molecule has 2 aromatic rings. The molecular formula is C17H22N2O4. The van der Waals surface area contributed by atoms with Crippen molar-refractivity contribution < 1.29 is 13.9 Å². The third kappa shape index (κ3) is 4.10. The van der Waals surface area contributed by atoms with Gasteiger partial charge in [0.2, 0.25) is 5.91 Å². The average molecular weight is 318 g/mol. The van der Waals surface area contributed by atoms with Crippen molar-refractivity contribution in [1.29, 1.82) is 0 Å². The van der Waals surface area contributed by atoms with Crippen LogP contribution >= 0.6 is 0 Å². The zero-order valence-corrected chi connectivity index (χ0v) is 13.7. The summed E-state index contributed by atoms with van der Waals surface area (Å²) in [6, 6.07) is 5.38. The van der Waals surface area contributed by atoms with Gasteiger partial charge in [-0.25, -0.2) is 4.79 Å². The highest BCUT2D eigenvalue weighted by Gasteiger charge is 2.13. The second kappa shape index (κ2) is 7.78. The Morgan fingerprint density at radius 2 is 2.09 bits per heavy atom. The molecule has 0 aliphatic rings. The van der Waals surface area contributed by atoms with Gasteiger partial charge in [0.25, 0.3) is 0 Å². The molecule has 0 fully saturated rings. The van der Waals surface area contributed by atoms with Gasteiger partial charge in [0.05, 0.1) is 7.11 Å². The lowest BCUT2D eigenvalue weighted by molar-refractivity contribution is -0.121. The molecule has 1 amide bonds. The summed E-state index contributed by atoms with van der Waals surface area (Å²) in [5.74, 6) is 0.561. The van der Waals surface area contributed by atoms with E-state index in [1.807, 2.05) is 26.1 Å². The topological polar surface area (TPSA) is 80.6 Å². The first-order valence-corrected chi connectivity index (χ1v) is 7.58. The van der Waals surface area contributed by atoms with Gasteiger partial charge in [-0.2, -0.15) is 0 Å². The lowest BCUT2D eigenvalue weighted by Gasteiger charge is -2.09. The Bertz CT molecular complexity index is 752. The van der Waals surface area contributed by atoms with Crippen molar-refractivity contribution in [1.82, 2.24) is 10.6 Å². The number of hydrogen-bond donors (Lipinski definition) is 2. The Labute approximate surface area is 134 Å². The molecule has 0 aliphatic heterocycles. The van der Waals surface area contributed by atoms with E-state index in [4.69, 9.17) is 9.15 Å². The van der Waals surface area contributed by atoms with Crippen LogP contribution in [0.1, 0.15) is 17.5 Å². The Morgan fingerprint density at radius 3 is 2.78 bits per heavy atom. The summed E-state index contributed by atoms with van der Waals surface area (Å²) in [5.41, 5.74) is 1.49. The second-order valence-corrected chi connectivity index (χ2v) is 5.31. The van der Waals surface area contributed by atoms with Gasteiger partial charge in [0, 0.05) is 36.5 Å². The number of ether oxygens (including phenoxy) is 1. The normalized spacial score (nSPS) is 10.7. The smallest absolute Gasteiger partial charge is 0.339 e. The molecule has 0 saturated carbocycles. The lowest BCUT2D eigenvalue weighted by atomic mass is 10.0. The molecule has 2 rings (SSSR count). The molecule has 6 nitrogen and oxygen atoms in total. The Balaban J connectivity index is 2.18. The van der Waals surface area contributed by atoms with Crippen LogP contribution in [0.2, 0.25) is 0 Å². The molecule has 23 heavy (non-hydrogen) atoms. The highest BCUT2D eigenvalue weighted by molar-refractivity contribution is 5.82. The minimum Gasteiger partial charge on any atom is -0.497 e. The minimum absolute atomic E-state index is 0.0751. The highest BCUT2D eigenvalue weighted by atomic mass is 16.5. The van der Waals surface area contributed by atoms with E-state index in [2.05, 4.69) is 10.6 Å². The van der Waals surface area contributed by atoms with Crippen molar-refractivity contribution >= 4 is 16.9 Å². The molecule has 124 valence electrons. The fourth-order valence-electron chi connectivity index (χ4n) is 2.44. The number of carbonyl (C=O) groups is 1. The standard InChI is InChI=1S/C17H22N2O4/c1-11-13-5-4-12(22-3)10-15(13)23-17(21)14(11)6-7-16(20)19-9-8-18-2/h4-5,10,18H,6-9H2,1-3H3,(H,19,20). The van der Waals surface area contributed by atoms with Crippen LogP contribution in [0, 0.1) is 6.92 Å². The molecule has 1 aromatic carbocycles. The van der Waals surface area contributed by atoms with Crippen molar-refractivity contribution in [3.63, 3.8) is 0 Å². The summed E-state index contributed by atoms with van der Waals surface area (Å²) in [7, 11) is 3.39. The average Bonchev–Trinajstić information content (AvgIpc) is 2.54. The maximum absolute atomic E-state index is 12.2. The molecule has 0 radical (unpaired) electrons. The van der Waals surface area contributed by atoms with Gasteiger partial charge in [-0.15, -0.1) is 0 Å². The SMILES string of the molecule is CNCCNC(=O)CCc1c(C)c2ccc(OC)cc2oc1=O. The molecule has 6 heteroatoms. The summed E-state index contributed by atoms with van der Waals surface area (Å²) in [6.07, 6.45) is 0.624. The van der Waals surface area contributed by atoms with Crippen molar-refractivity contribution in [2.75, 3.05) is 27.2 Å². The zero-order valence-electron chi connectivity index (χ0n) is 13.7. The van der Waals surface area contributed by atoms with Gasteiger partial charge in [-0.3, -0.25) is 4.79 Å². The highest BCUT2D eigenvalue weighted by Crippen LogP contribution is 2.24. The van der Waals surface area contributed by atoms with Crippen LogP contribution in [0.15, 0.2) is 27.4 Å². The molecule has 0 atom stereocenters. The van der Waals surface area contributed by atoms with E-state index in [9.17, 15) is 9.59 Å². The molecule has 2 N–H and O–H groups in total. The summed E-state index contributed by atoms with van der Waals surface area (Å²) in [5, 5.41) is 6.61. The molecule has 0 aliphatic carbocycles. The summed E-state index contributed by atoms with van der Waals surface area (Å²) < 4.78 is 10.5. The van der Waals surface area contributed by atoms with E-state index in [0.29, 0.717) is 36.4 Å². The Hall–Kier alpha value is -2.34. The summed E-state index contributed by atoms with van der Waals surface area (Å²) in [6.45, 7) is 3.16. The monoisotopic (exact) mass is 318 g/mol.